The van der Waals surface area contributed by atoms with Crippen LogP contribution in [0.2, 0.25) is 0 Å². The summed E-state index contributed by atoms with van der Waals surface area (Å²) >= 11 is 0. The molecule has 0 radical (unpaired) electrons. The lowest BCUT2D eigenvalue weighted by Crippen LogP contribution is -2.70. The first kappa shape index (κ1) is 86.2. The highest BCUT2D eigenvalue weighted by atomic mass is 16.8. The number of fused-ring (bicyclic) bond motifs is 7. The van der Waals surface area contributed by atoms with Gasteiger partial charge in [0, 0.05) is 5.41 Å². The highest BCUT2D eigenvalue weighted by Gasteiger charge is 2.73. The van der Waals surface area contributed by atoms with E-state index in [9.17, 15) is 117 Å². The van der Waals surface area contributed by atoms with Gasteiger partial charge in [0.05, 0.1) is 64.0 Å². The molecule has 630 valence electrons. The van der Waals surface area contributed by atoms with Crippen LogP contribution in [0.15, 0.2) is 11.6 Å². The molecule has 0 bridgehead atoms. The Kier molecular flexibility index (Phi) is 25.8. The zero-order valence-corrected chi connectivity index (χ0v) is 62.1. The lowest BCUT2D eigenvalue weighted by Gasteiger charge is -2.72. The molecule has 5 aliphatic carbocycles. The van der Waals surface area contributed by atoms with Gasteiger partial charge in [-0.2, -0.15) is 0 Å². The Morgan fingerprint density at radius 1 is 0.509 bits per heavy atom. The molecule has 0 spiro atoms. The second-order valence-electron chi connectivity index (χ2n) is 34.1. The lowest BCUT2D eigenvalue weighted by molar-refractivity contribution is -0.393. The van der Waals surface area contributed by atoms with E-state index in [0.717, 1.165) is 5.57 Å². The lowest BCUT2D eigenvalue weighted by atomic mass is 9.33. The predicted molar refractivity (Wildman–Crippen MR) is 358 cm³/mol. The summed E-state index contributed by atoms with van der Waals surface area (Å²) < 4.78 is 83.5. The molecule has 19 unspecified atom stereocenters. The van der Waals surface area contributed by atoms with Crippen molar-refractivity contribution in [1.29, 1.82) is 0 Å². The number of rotatable bonds is 21. The number of carboxylic acid groups (broad SMARTS) is 1. The minimum absolute atomic E-state index is 0.0194. The molecule has 12 aliphatic rings. The fourth-order valence-electron chi connectivity index (χ4n) is 20.5. The number of allylic oxidation sites excluding steroid dienone is 2. The van der Waals surface area contributed by atoms with Crippen LogP contribution in [0.25, 0.3) is 0 Å². The average Bonchev–Trinajstić information content (AvgIpc) is 0.707. The summed E-state index contributed by atoms with van der Waals surface area (Å²) in [5.41, 5.74) is -4.92. The smallest absolute Gasteiger partial charge is 0.335 e. The van der Waals surface area contributed by atoms with Gasteiger partial charge in [0.15, 0.2) is 49.9 Å². The molecule has 0 aromatic carbocycles. The fourth-order valence-corrected chi connectivity index (χ4v) is 20.5. The number of aliphatic hydroxyl groups is 20. The Morgan fingerprint density at radius 3 is 1.66 bits per heavy atom. The van der Waals surface area contributed by atoms with Crippen molar-refractivity contribution in [2.45, 2.75) is 315 Å². The van der Waals surface area contributed by atoms with Crippen LogP contribution in [0.1, 0.15) is 106 Å². The van der Waals surface area contributed by atoms with Gasteiger partial charge in [-0.3, -0.25) is 9.59 Å². The third-order valence-corrected chi connectivity index (χ3v) is 27.2. The number of carbonyl (C=O) groups excluding carboxylic acids is 2. The molecule has 1 amide bonds. The van der Waals surface area contributed by atoms with E-state index >= 15 is 4.79 Å². The quantitative estimate of drug-likeness (QED) is 0.0288. The first-order valence-corrected chi connectivity index (χ1v) is 37.9. The minimum atomic E-state index is -2.23. The Hall–Kier alpha value is -3.17. The van der Waals surface area contributed by atoms with Crippen LogP contribution in [0, 0.1) is 50.2 Å². The van der Waals surface area contributed by atoms with Crippen LogP contribution in [0.5, 0.6) is 0 Å². The minimum Gasteiger partial charge on any atom is -0.479 e. The molecule has 0 aromatic rings. The maximum atomic E-state index is 16.0. The zero-order valence-electron chi connectivity index (χ0n) is 62.1. The topological polar surface area (TPSA) is 617 Å². The largest absolute Gasteiger partial charge is 0.479 e. The van der Waals surface area contributed by atoms with Crippen molar-refractivity contribution in [3.8, 4) is 0 Å². The molecule has 39 heteroatoms. The number of hydrogen-bond acceptors (Lipinski definition) is 37. The average molecular weight is 1590 g/mol. The van der Waals surface area contributed by atoms with Gasteiger partial charge in [-0.1, -0.05) is 53.2 Å². The molecule has 11 fully saturated rings. The van der Waals surface area contributed by atoms with Gasteiger partial charge in [0.1, 0.15) is 140 Å². The van der Waals surface area contributed by atoms with E-state index < -0.39 is 317 Å². The Balaban J connectivity index is 0.821. The van der Waals surface area contributed by atoms with E-state index in [1.807, 2.05) is 13.8 Å². The molecule has 0 aromatic heterocycles. The van der Waals surface area contributed by atoms with E-state index in [1.54, 1.807) is 6.92 Å². The van der Waals surface area contributed by atoms with E-state index in [-0.39, 0.29) is 25.2 Å². The molecule has 110 heavy (non-hydrogen) atoms. The number of ether oxygens (including phenoxy) is 14. The van der Waals surface area contributed by atoms with Crippen molar-refractivity contribution in [3.05, 3.63) is 11.6 Å². The molecular weight excluding hydrogens is 1470 g/mol. The Labute approximate surface area is 632 Å². The van der Waals surface area contributed by atoms with Crippen LogP contribution in [0.4, 0.5) is 0 Å². The number of aliphatic hydroxyl groups excluding tert-OH is 20. The predicted octanol–water partition coefficient (Wildman–Crippen LogP) is -8.47. The third kappa shape index (κ3) is 15.1. The van der Waals surface area contributed by atoms with Crippen LogP contribution in [0.3, 0.4) is 0 Å². The third-order valence-electron chi connectivity index (χ3n) is 27.2. The van der Waals surface area contributed by atoms with Crippen LogP contribution in [-0.2, 0) is 80.7 Å². The number of hydrogen-bond donors (Lipinski definition) is 22. The molecule has 7 saturated heterocycles. The van der Waals surface area contributed by atoms with E-state index in [0.29, 0.717) is 38.5 Å². The second kappa shape index (κ2) is 33.0. The summed E-state index contributed by atoms with van der Waals surface area (Å²) in [6.45, 7) is 8.47. The van der Waals surface area contributed by atoms with Crippen molar-refractivity contribution in [2.75, 3.05) is 46.2 Å². The Morgan fingerprint density at radius 2 is 1.05 bits per heavy atom. The van der Waals surface area contributed by atoms with Gasteiger partial charge in [-0.15, -0.1) is 0 Å². The van der Waals surface area contributed by atoms with Crippen molar-refractivity contribution in [3.63, 3.8) is 0 Å². The molecule has 42 atom stereocenters. The summed E-state index contributed by atoms with van der Waals surface area (Å²) in [5, 5.41) is 234. The fraction of sp³-hybridized carbons (Fsp3) is 0.930. The van der Waals surface area contributed by atoms with Crippen LogP contribution in [-0.4, -0.2) is 380 Å². The summed E-state index contributed by atoms with van der Waals surface area (Å²) in [4.78, 5) is 42.8. The number of carbonyl (C=O) groups is 3. The van der Waals surface area contributed by atoms with Gasteiger partial charge < -0.3 is 179 Å². The number of amides is 1. The van der Waals surface area contributed by atoms with Crippen molar-refractivity contribution in [2.24, 2.45) is 50.2 Å². The van der Waals surface area contributed by atoms with Gasteiger partial charge in [0.25, 0.3) is 0 Å². The molecule has 39 nitrogen and oxygen atoms in total. The highest BCUT2D eigenvalue weighted by Crippen LogP contribution is 2.76. The number of aliphatic carboxylic acids is 1. The summed E-state index contributed by atoms with van der Waals surface area (Å²) in [7, 11) is 0. The van der Waals surface area contributed by atoms with E-state index in [1.165, 1.54) is 6.92 Å². The molecule has 7 aliphatic heterocycles. The van der Waals surface area contributed by atoms with Crippen molar-refractivity contribution in [1.82, 2.24) is 5.32 Å². The summed E-state index contributed by atoms with van der Waals surface area (Å²) in [6.07, 6.45) is -54.7. The van der Waals surface area contributed by atoms with E-state index in [2.05, 4.69) is 32.2 Å². The summed E-state index contributed by atoms with van der Waals surface area (Å²) in [6, 6.07) is -1.70. The van der Waals surface area contributed by atoms with Gasteiger partial charge in [-0.05, 0) is 104 Å². The maximum Gasteiger partial charge on any atom is 0.335 e. The van der Waals surface area contributed by atoms with E-state index in [4.69, 9.17) is 66.3 Å². The number of carboxylic acids is 1. The molecule has 12 rings (SSSR count). The first-order valence-electron chi connectivity index (χ1n) is 37.9. The number of esters is 1. The molecule has 4 saturated carbocycles. The van der Waals surface area contributed by atoms with Gasteiger partial charge in [0.2, 0.25) is 12.2 Å². The summed E-state index contributed by atoms with van der Waals surface area (Å²) in [5.74, 6) is -5.21. The molecular formula is C71H113NO38. The van der Waals surface area contributed by atoms with Crippen molar-refractivity contribution < 1.29 is 188 Å². The SMILES string of the molecule is CC1O[C@@H](OC2C(O)[C@@H](NC(=O)CO[C@@H]3O[C@@H](CO)C(O)C3O)C(CO)O[C@H]2OC(=O)[C@]23CCC(C)(C)CC2C2=CCC4C5(C)CC[C@H](O[C@@H]6OC(C(=O)O)[C@@H](O)[C@H](O[C@@H]7OC[C@@H](O)[C@H](O)C7O)C6O[C@@H]6OC(CO)[C@H](O)[C@H](O)C6O)[C@](C)(CO)[C@@H]5CC[C@]4(C)[C@]2(C)CC3O)C(O)C(O)[C@H]1O[C@@H]1OC[C@@H](O)C(O)C1O. The van der Waals surface area contributed by atoms with Crippen molar-refractivity contribution >= 4 is 17.8 Å². The highest BCUT2D eigenvalue weighted by molar-refractivity contribution is 5.80. The Bertz CT molecular complexity index is 3220. The monoisotopic (exact) mass is 1590 g/mol. The molecule has 22 N–H and O–H groups in total. The van der Waals surface area contributed by atoms with Crippen LogP contribution >= 0.6 is 0 Å². The first-order chi connectivity index (χ1) is 51.7. The standard InChI is InChI=1S/C71H113NO38/c1-25-52(105-59-46(88)39(81)28(77)21-97-59)45(87)50(92)61(100-25)108-55-43(85)38(72-37(80)23-99-58-48(90)42(84)32(20-75)102-58)30(18-73)101-63(55)110-65(96)71-15-14-66(2,3)16-27(71)26-8-9-34-67(4)12-11-36(68(5,24-76)33(67)10-13-69(34,6)70(26,7)17-35(71)79)104-64-56(109-62-49(91)44(86)41(83)31(19-74)103-62)53(51(93)54(107-64)57(94)95)106-60-47(89)40(82)29(78)22-98-60/h8,25,27-36,38-56,58-64,73-79,81-93H,9-24H2,1-7H3,(H,72,80)(H,94,95)/t25?,27?,28-,29-,30?,31?,32+,33-,34?,35?,36+,38+,39?,40+,41+,42?,43?,44+,45?,46?,47?,48?,49?,50?,51+,52+,53+,54?,55?,56?,58-,59+,60+,61+,62+,63+,64-,67?,68-,69+,70-,71-/m1/s1. The van der Waals surface area contributed by atoms with Gasteiger partial charge >= 0.3 is 11.9 Å². The second-order valence-corrected chi connectivity index (χ2v) is 34.1. The molecule has 7 heterocycles. The number of nitrogens with one attached hydrogen (secondary N) is 1. The van der Waals surface area contributed by atoms with Crippen LogP contribution < -0.4 is 5.32 Å². The zero-order chi connectivity index (χ0) is 80.3. The maximum absolute atomic E-state index is 16.0. The van der Waals surface area contributed by atoms with Gasteiger partial charge in [-0.25, -0.2) is 4.79 Å². The normalized spacial score (nSPS) is 53.0.